The Labute approximate surface area is 180 Å². The number of benzene rings is 1. The maximum absolute atomic E-state index is 12.8. The lowest BCUT2D eigenvalue weighted by molar-refractivity contribution is -0.118. The molecule has 0 saturated carbocycles. The first-order valence-electron chi connectivity index (χ1n) is 10.2. The van der Waals surface area contributed by atoms with Gasteiger partial charge < -0.3 is 19.3 Å². The van der Waals surface area contributed by atoms with Crippen LogP contribution in [0.3, 0.4) is 0 Å². The van der Waals surface area contributed by atoms with Crippen LogP contribution in [0.2, 0.25) is 0 Å². The van der Waals surface area contributed by atoms with Gasteiger partial charge in [-0.1, -0.05) is 24.3 Å². The van der Waals surface area contributed by atoms with Crippen LogP contribution in [0.25, 0.3) is 6.08 Å². The van der Waals surface area contributed by atoms with Gasteiger partial charge in [0.1, 0.15) is 0 Å². The molecule has 0 spiro atoms. The Kier molecular flexibility index (Phi) is 5.97. The van der Waals surface area contributed by atoms with Crippen LogP contribution >= 0.6 is 0 Å². The molecule has 1 atom stereocenters. The molecule has 0 aromatic heterocycles. The molecule has 2 heterocycles. The van der Waals surface area contributed by atoms with E-state index in [4.69, 9.17) is 9.47 Å². The van der Waals surface area contributed by atoms with Crippen molar-refractivity contribution in [3.8, 4) is 0 Å². The van der Waals surface area contributed by atoms with Crippen molar-refractivity contribution in [1.29, 1.82) is 0 Å². The Hall–Kier alpha value is -3.68. The number of carbonyl (C=O) groups is 3. The SMILES string of the molecule is CCOC(=O)N1CCN(C(=O)c2ccc(/C=C3\OC4C=CC=CC4=NC3=O)cc2)CC1. The van der Waals surface area contributed by atoms with Crippen molar-refractivity contribution >= 4 is 29.7 Å². The quantitative estimate of drug-likeness (QED) is 0.700. The summed E-state index contributed by atoms with van der Waals surface area (Å²) in [5.74, 6) is -0.352. The molecule has 1 saturated heterocycles. The van der Waals surface area contributed by atoms with Crippen molar-refractivity contribution in [3.05, 3.63) is 65.5 Å². The zero-order valence-electron chi connectivity index (χ0n) is 17.2. The number of carbonyl (C=O) groups excluding carboxylic acids is 3. The van der Waals surface area contributed by atoms with Gasteiger partial charge in [-0.3, -0.25) is 9.59 Å². The van der Waals surface area contributed by atoms with Gasteiger partial charge in [0.25, 0.3) is 5.91 Å². The van der Waals surface area contributed by atoms with Crippen molar-refractivity contribution < 1.29 is 23.9 Å². The number of fused-ring (bicyclic) bond motifs is 1. The van der Waals surface area contributed by atoms with E-state index < -0.39 is 5.91 Å². The van der Waals surface area contributed by atoms with E-state index in [2.05, 4.69) is 4.99 Å². The predicted molar refractivity (Wildman–Crippen MR) is 115 cm³/mol. The zero-order valence-corrected chi connectivity index (χ0v) is 17.2. The molecule has 1 aromatic carbocycles. The molecule has 0 bridgehead atoms. The zero-order chi connectivity index (χ0) is 21.8. The van der Waals surface area contributed by atoms with Crippen LogP contribution < -0.4 is 0 Å². The van der Waals surface area contributed by atoms with E-state index in [1.807, 2.05) is 18.2 Å². The molecule has 8 heteroatoms. The van der Waals surface area contributed by atoms with E-state index in [9.17, 15) is 14.4 Å². The van der Waals surface area contributed by atoms with E-state index in [0.717, 1.165) is 5.56 Å². The van der Waals surface area contributed by atoms with E-state index >= 15 is 0 Å². The normalized spacial score (nSPS) is 21.5. The molecule has 2 aliphatic heterocycles. The van der Waals surface area contributed by atoms with Crippen LogP contribution in [0.1, 0.15) is 22.8 Å². The first kappa shape index (κ1) is 20.6. The van der Waals surface area contributed by atoms with Gasteiger partial charge in [0, 0.05) is 31.7 Å². The second-order valence-corrected chi connectivity index (χ2v) is 7.23. The number of aliphatic imine (C=N–C) groups is 1. The molecular weight excluding hydrogens is 398 g/mol. The standard InChI is InChI=1S/C23H23N3O5/c1-2-30-23(29)26-13-11-25(12-14-26)22(28)17-9-7-16(8-10-17)15-20-21(27)24-18-5-3-4-6-19(18)31-20/h3-10,15,19H,2,11-14H2,1H3/b20-15-. The third-order valence-corrected chi connectivity index (χ3v) is 5.20. The lowest BCUT2D eigenvalue weighted by atomic mass is 10.1. The summed E-state index contributed by atoms with van der Waals surface area (Å²) in [4.78, 5) is 44.2. The third-order valence-electron chi connectivity index (χ3n) is 5.20. The molecule has 0 radical (unpaired) electrons. The third kappa shape index (κ3) is 4.58. The van der Waals surface area contributed by atoms with E-state index in [1.165, 1.54) is 0 Å². The summed E-state index contributed by atoms with van der Waals surface area (Å²) >= 11 is 0. The number of hydrogen-bond acceptors (Lipinski definition) is 5. The van der Waals surface area contributed by atoms with Gasteiger partial charge in [-0.15, -0.1) is 0 Å². The van der Waals surface area contributed by atoms with Crippen LogP contribution in [0.5, 0.6) is 0 Å². The molecule has 1 aliphatic carbocycles. The van der Waals surface area contributed by atoms with Gasteiger partial charge in [-0.05, 0) is 42.8 Å². The first-order chi connectivity index (χ1) is 15.0. The highest BCUT2D eigenvalue weighted by atomic mass is 16.6. The summed E-state index contributed by atoms with van der Waals surface area (Å²) in [5.41, 5.74) is 1.87. The van der Waals surface area contributed by atoms with Crippen molar-refractivity contribution in [2.45, 2.75) is 13.0 Å². The topological polar surface area (TPSA) is 88.5 Å². The summed E-state index contributed by atoms with van der Waals surface area (Å²) in [5, 5.41) is 0. The summed E-state index contributed by atoms with van der Waals surface area (Å²) < 4.78 is 10.8. The molecule has 3 aliphatic rings. The minimum Gasteiger partial charge on any atom is -0.474 e. The maximum atomic E-state index is 12.8. The molecule has 4 rings (SSSR count). The van der Waals surface area contributed by atoms with Crippen molar-refractivity contribution in [3.63, 3.8) is 0 Å². The highest BCUT2D eigenvalue weighted by Gasteiger charge is 2.27. The smallest absolute Gasteiger partial charge is 0.409 e. The van der Waals surface area contributed by atoms with E-state index in [-0.39, 0.29) is 23.9 Å². The van der Waals surface area contributed by atoms with Crippen LogP contribution in [0.15, 0.2) is 59.3 Å². The van der Waals surface area contributed by atoms with Gasteiger partial charge >= 0.3 is 12.0 Å². The Bertz CT molecular complexity index is 999. The van der Waals surface area contributed by atoms with Crippen LogP contribution in [0.4, 0.5) is 4.79 Å². The van der Waals surface area contributed by atoms with Crippen LogP contribution in [0, 0.1) is 0 Å². The number of hydrogen-bond donors (Lipinski definition) is 0. The minimum absolute atomic E-state index is 0.0962. The number of nitrogens with zero attached hydrogens (tertiary/aromatic N) is 3. The molecule has 1 aromatic rings. The van der Waals surface area contributed by atoms with Gasteiger partial charge in [0.05, 0.1) is 12.3 Å². The average Bonchev–Trinajstić information content (AvgIpc) is 2.80. The number of rotatable bonds is 3. The lowest BCUT2D eigenvalue weighted by Gasteiger charge is -2.34. The summed E-state index contributed by atoms with van der Waals surface area (Å²) in [6, 6.07) is 6.97. The second-order valence-electron chi connectivity index (χ2n) is 7.23. The maximum Gasteiger partial charge on any atom is 0.409 e. The summed E-state index contributed by atoms with van der Waals surface area (Å²) in [6.45, 7) is 3.90. The summed E-state index contributed by atoms with van der Waals surface area (Å²) in [6.07, 6.45) is 8.18. The van der Waals surface area contributed by atoms with Crippen molar-refractivity contribution in [2.24, 2.45) is 4.99 Å². The fourth-order valence-electron chi connectivity index (χ4n) is 3.53. The Morgan fingerprint density at radius 2 is 1.84 bits per heavy atom. The molecule has 1 fully saturated rings. The highest BCUT2D eigenvalue weighted by molar-refractivity contribution is 6.13. The molecular formula is C23H23N3O5. The Balaban J connectivity index is 1.39. The molecule has 0 N–H and O–H groups in total. The van der Waals surface area contributed by atoms with Crippen LogP contribution in [-0.4, -0.2) is 72.3 Å². The van der Waals surface area contributed by atoms with Crippen molar-refractivity contribution in [2.75, 3.05) is 32.8 Å². The number of allylic oxidation sites excluding steroid dienone is 2. The Morgan fingerprint density at radius 1 is 1.13 bits per heavy atom. The number of ether oxygens (including phenoxy) is 2. The largest absolute Gasteiger partial charge is 0.474 e. The molecule has 31 heavy (non-hydrogen) atoms. The van der Waals surface area contributed by atoms with Crippen molar-refractivity contribution in [1.82, 2.24) is 9.80 Å². The van der Waals surface area contributed by atoms with Gasteiger partial charge in [-0.25, -0.2) is 9.79 Å². The minimum atomic E-state index is -0.425. The van der Waals surface area contributed by atoms with Crippen LogP contribution in [-0.2, 0) is 14.3 Å². The van der Waals surface area contributed by atoms with Gasteiger partial charge in [0.2, 0.25) is 0 Å². The summed E-state index contributed by atoms with van der Waals surface area (Å²) in [7, 11) is 0. The van der Waals surface area contributed by atoms with Gasteiger partial charge in [-0.2, -0.15) is 0 Å². The highest BCUT2D eigenvalue weighted by Crippen LogP contribution is 2.21. The predicted octanol–water partition coefficient (Wildman–Crippen LogP) is 2.43. The van der Waals surface area contributed by atoms with E-state index in [0.29, 0.717) is 44.1 Å². The number of amides is 3. The number of piperazine rings is 1. The van der Waals surface area contributed by atoms with Gasteiger partial charge in [0.15, 0.2) is 11.9 Å². The lowest BCUT2D eigenvalue weighted by Crippen LogP contribution is -2.50. The molecule has 3 amide bonds. The average molecular weight is 421 g/mol. The van der Waals surface area contributed by atoms with E-state index in [1.54, 1.807) is 53.1 Å². The fraction of sp³-hybridized carbons (Fsp3) is 0.304. The fourth-order valence-corrected chi connectivity index (χ4v) is 3.53. The molecule has 8 nitrogen and oxygen atoms in total. The second kappa shape index (κ2) is 8.99. The molecule has 1 unspecified atom stereocenters. The molecule has 160 valence electrons. The Morgan fingerprint density at radius 3 is 2.55 bits per heavy atom. The first-order valence-corrected chi connectivity index (χ1v) is 10.2. The monoisotopic (exact) mass is 421 g/mol.